The lowest BCUT2D eigenvalue weighted by atomic mass is 9.99. The first kappa shape index (κ1) is 37.5. The lowest BCUT2D eigenvalue weighted by Crippen LogP contribution is -2.09. The lowest BCUT2D eigenvalue weighted by Gasteiger charge is -2.25. The molecule has 0 bridgehead atoms. The Morgan fingerprint density at radius 3 is 1.02 bits per heavy atom. The van der Waals surface area contributed by atoms with Gasteiger partial charge in [0.25, 0.3) is 0 Å². The largest absolute Gasteiger partial charge is 0.311 e. The van der Waals surface area contributed by atoms with Gasteiger partial charge >= 0.3 is 0 Å². The van der Waals surface area contributed by atoms with Crippen LogP contribution in [0.25, 0.3) is 60.9 Å². The molecule has 0 atom stereocenters. The van der Waals surface area contributed by atoms with Crippen LogP contribution in [0.3, 0.4) is 0 Å². The zero-order valence-corrected chi connectivity index (χ0v) is 34.4. The van der Waals surface area contributed by atoms with Crippen LogP contribution in [0.15, 0.2) is 249 Å². The van der Waals surface area contributed by atoms with Gasteiger partial charge in [0.2, 0.25) is 0 Å². The van der Waals surface area contributed by atoms with Crippen molar-refractivity contribution >= 4 is 55.9 Å². The molecule has 63 heavy (non-hydrogen) atoms. The topological polar surface area (TPSA) is 37.2 Å². The molecule has 5 nitrogen and oxygen atoms in total. The van der Waals surface area contributed by atoms with Crippen LogP contribution in [0.4, 0.5) is 34.1 Å². The number of aromatic nitrogens is 3. The standard InChI is InChI=1S/C58H41N5/c1-5-13-48(14-6-1)61(49-15-7-2-8-16-49)52-29-21-42(22-30-52)45-27-35-57-55(39-45)56-40-46(28-36-58(56)63(57)54-33-25-44(26-34-54)47-37-38-59-60-41-47)43-23-31-53(32-24-43)62(50-17-9-3-10-18-50)51-19-11-4-12-20-51/h1-41H. The predicted octanol–water partition coefficient (Wildman–Crippen LogP) is 15.5. The molecule has 2 aromatic heterocycles. The summed E-state index contributed by atoms with van der Waals surface area (Å²) in [5.41, 5.74) is 16.9. The van der Waals surface area contributed by atoms with Crippen molar-refractivity contribution in [2.75, 3.05) is 9.80 Å². The fourth-order valence-electron chi connectivity index (χ4n) is 8.73. The lowest BCUT2D eigenvalue weighted by molar-refractivity contribution is 1.03. The highest BCUT2D eigenvalue weighted by Crippen LogP contribution is 2.41. The van der Waals surface area contributed by atoms with Crippen molar-refractivity contribution in [2.45, 2.75) is 0 Å². The first-order valence-corrected chi connectivity index (χ1v) is 21.2. The van der Waals surface area contributed by atoms with Gasteiger partial charge < -0.3 is 14.4 Å². The predicted molar refractivity (Wildman–Crippen MR) is 262 cm³/mol. The van der Waals surface area contributed by atoms with E-state index in [2.05, 4.69) is 255 Å². The first-order valence-electron chi connectivity index (χ1n) is 21.2. The molecule has 0 saturated heterocycles. The average molecular weight is 808 g/mol. The fraction of sp³-hybridized carbons (Fsp3) is 0. The third kappa shape index (κ3) is 7.28. The Hall–Kier alpha value is -8.54. The highest BCUT2D eigenvalue weighted by Gasteiger charge is 2.17. The second-order valence-corrected chi connectivity index (χ2v) is 15.6. The smallest absolute Gasteiger partial charge is 0.0574 e. The molecule has 0 fully saturated rings. The minimum atomic E-state index is 1.04. The number of hydrogen-bond donors (Lipinski definition) is 0. The summed E-state index contributed by atoms with van der Waals surface area (Å²) in [6, 6.07) is 84.5. The van der Waals surface area contributed by atoms with Gasteiger partial charge in [0.1, 0.15) is 0 Å². The molecule has 0 spiro atoms. The summed E-state index contributed by atoms with van der Waals surface area (Å²) in [5, 5.41) is 10.5. The minimum Gasteiger partial charge on any atom is -0.311 e. The zero-order chi connectivity index (χ0) is 42.0. The van der Waals surface area contributed by atoms with Crippen LogP contribution in [0.2, 0.25) is 0 Å². The van der Waals surface area contributed by atoms with Crippen LogP contribution >= 0.6 is 0 Å². The van der Waals surface area contributed by atoms with Gasteiger partial charge in [-0.05, 0) is 143 Å². The van der Waals surface area contributed by atoms with Crippen molar-refractivity contribution in [1.82, 2.24) is 14.8 Å². The molecule has 0 radical (unpaired) electrons. The monoisotopic (exact) mass is 807 g/mol. The van der Waals surface area contributed by atoms with E-state index in [4.69, 9.17) is 0 Å². The van der Waals surface area contributed by atoms with Crippen LogP contribution in [0, 0.1) is 0 Å². The maximum atomic E-state index is 4.10. The van der Waals surface area contributed by atoms with Gasteiger partial charge in [-0.3, -0.25) is 0 Å². The van der Waals surface area contributed by atoms with Crippen molar-refractivity contribution < 1.29 is 0 Å². The average Bonchev–Trinajstić information content (AvgIpc) is 3.69. The van der Waals surface area contributed by atoms with Gasteiger partial charge in [0.15, 0.2) is 0 Å². The van der Waals surface area contributed by atoms with E-state index in [-0.39, 0.29) is 0 Å². The minimum absolute atomic E-state index is 1.04. The van der Waals surface area contributed by atoms with Crippen molar-refractivity contribution in [2.24, 2.45) is 0 Å². The molecule has 0 unspecified atom stereocenters. The summed E-state index contributed by atoms with van der Waals surface area (Å²) in [7, 11) is 0. The van der Waals surface area contributed by atoms with E-state index in [0.29, 0.717) is 0 Å². The van der Waals surface area contributed by atoms with Crippen molar-refractivity contribution in [1.29, 1.82) is 0 Å². The molecule has 0 aliphatic rings. The summed E-state index contributed by atoms with van der Waals surface area (Å²) < 4.78 is 2.38. The molecule has 0 aliphatic heterocycles. The first-order chi connectivity index (χ1) is 31.2. The molecule has 11 aromatic rings. The normalized spacial score (nSPS) is 11.2. The molecular weight excluding hydrogens is 767 g/mol. The van der Waals surface area contributed by atoms with E-state index in [1.165, 1.54) is 10.8 Å². The van der Waals surface area contributed by atoms with E-state index in [1.807, 2.05) is 6.07 Å². The third-order valence-electron chi connectivity index (χ3n) is 11.8. The Morgan fingerprint density at radius 1 is 0.286 bits per heavy atom. The molecule has 0 N–H and O–H groups in total. The van der Waals surface area contributed by atoms with E-state index in [9.17, 15) is 0 Å². The van der Waals surface area contributed by atoms with Gasteiger partial charge in [-0.1, -0.05) is 121 Å². The Labute approximate surface area is 367 Å². The van der Waals surface area contributed by atoms with E-state index < -0.39 is 0 Å². The summed E-state index contributed by atoms with van der Waals surface area (Å²) in [6.45, 7) is 0. The van der Waals surface area contributed by atoms with Gasteiger partial charge in [-0.25, -0.2) is 0 Å². The SMILES string of the molecule is c1ccc(N(c2ccccc2)c2ccc(-c3ccc4c(c3)c3cc(-c5ccc(N(c6ccccc6)c6ccccc6)cc5)ccc3n4-c3ccc(-c4ccnnc4)cc3)cc2)cc1. The van der Waals surface area contributed by atoms with Crippen LogP contribution in [-0.2, 0) is 0 Å². The van der Waals surface area contributed by atoms with Crippen LogP contribution in [0.1, 0.15) is 0 Å². The fourth-order valence-corrected chi connectivity index (χ4v) is 8.73. The van der Waals surface area contributed by atoms with E-state index >= 15 is 0 Å². The van der Waals surface area contributed by atoms with Gasteiger partial charge in [-0.15, -0.1) is 0 Å². The second kappa shape index (κ2) is 16.5. The summed E-state index contributed by atoms with van der Waals surface area (Å²) in [4.78, 5) is 4.60. The second-order valence-electron chi connectivity index (χ2n) is 15.6. The summed E-state index contributed by atoms with van der Waals surface area (Å²) in [5.74, 6) is 0. The zero-order valence-electron chi connectivity index (χ0n) is 34.4. The molecule has 5 heteroatoms. The quantitative estimate of drug-likeness (QED) is 0.138. The van der Waals surface area contributed by atoms with Gasteiger partial charge in [0, 0.05) is 56.1 Å². The summed E-state index contributed by atoms with van der Waals surface area (Å²) >= 11 is 0. The molecular formula is C58H41N5. The number of nitrogens with zero attached hydrogens (tertiary/aromatic N) is 5. The Morgan fingerprint density at radius 2 is 0.635 bits per heavy atom. The number of fused-ring (bicyclic) bond motifs is 3. The maximum Gasteiger partial charge on any atom is 0.0574 e. The highest BCUT2D eigenvalue weighted by atomic mass is 15.1. The number of para-hydroxylation sites is 4. The molecule has 11 rings (SSSR count). The maximum absolute atomic E-state index is 4.10. The Bertz CT molecular complexity index is 3020. The van der Waals surface area contributed by atoms with Crippen LogP contribution in [-0.4, -0.2) is 14.8 Å². The highest BCUT2D eigenvalue weighted by molar-refractivity contribution is 6.11. The van der Waals surface area contributed by atoms with Crippen LogP contribution in [0.5, 0.6) is 0 Å². The molecule has 9 aromatic carbocycles. The molecule has 0 saturated carbocycles. The van der Waals surface area contributed by atoms with E-state index in [1.54, 1.807) is 12.4 Å². The van der Waals surface area contributed by atoms with Gasteiger partial charge in [-0.2, -0.15) is 10.2 Å². The molecule has 0 aliphatic carbocycles. The number of hydrogen-bond acceptors (Lipinski definition) is 4. The molecule has 2 heterocycles. The van der Waals surface area contributed by atoms with Crippen LogP contribution < -0.4 is 9.80 Å². The molecule has 298 valence electrons. The third-order valence-corrected chi connectivity index (χ3v) is 11.8. The Kier molecular flexibility index (Phi) is 9.80. The molecule has 0 amide bonds. The van der Waals surface area contributed by atoms with Crippen molar-refractivity contribution in [3.8, 4) is 39.1 Å². The number of anilines is 6. The summed E-state index contributed by atoms with van der Waals surface area (Å²) in [6.07, 6.45) is 3.54. The van der Waals surface area contributed by atoms with Crippen molar-refractivity contribution in [3.05, 3.63) is 249 Å². The number of benzene rings is 9. The Balaban J connectivity index is 1.00. The van der Waals surface area contributed by atoms with Crippen molar-refractivity contribution in [3.63, 3.8) is 0 Å². The van der Waals surface area contributed by atoms with E-state index in [0.717, 1.165) is 84.2 Å². The number of rotatable bonds is 10. The van der Waals surface area contributed by atoms with Gasteiger partial charge in [0.05, 0.1) is 23.4 Å².